The molecule has 0 unspecified atom stereocenters. The Morgan fingerprint density at radius 1 is 0.783 bits per heavy atom. The Kier molecular flexibility index (Phi) is 18.9. The van der Waals surface area contributed by atoms with Gasteiger partial charge >= 0.3 is 11.9 Å². The van der Waals surface area contributed by atoms with E-state index in [9.17, 15) is 19.8 Å². The number of unbranched alkanes of at least 4 members (excludes halogenated alkanes) is 2. The number of rotatable bonds is 23. The van der Waals surface area contributed by atoms with Gasteiger partial charge in [0.1, 0.15) is 11.6 Å². The molecule has 1 aliphatic rings. The number of benzene rings is 3. The Morgan fingerprint density at radius 2 is 1.40 bits per heavy atom. The Labute approximate surface area is 360 Å². The van der Waals surface area contributed by atoms with Crippen molar-refractivity contribution in [3.05, 3.63) is 88.8 Å². The van der Waals surface area contributed by atoms with Gasteiger partial charge in [-0.3, -0.25) is 4.79 Å². The first kappa shape index (κ1) is 48.7. The fourth-order valence-electron chi connectivity index (χ4n) is 8.18. The van der Waals surface area contributed by atoms with Gasteiger partial charge in [0.05, 0.1) is 43.9 Å². The van der Waals surface area contributed by atoms with Gasteiger partial charge in [0.2, 0.25) is 0 Å². The molecule has 0 atom stereocenters. The standard InChI is InChI=1S/C52H73FO7/c1-9-12-13-16-37-19-21-39(22-20-37)40-23-26-46(47(53)32-40)41-24-25-45(38(10-2)29-41)44-30-42(17-14-27-58-49(56)36(4)5)48(60-35-52(11-3,33-54)34-55)43(31-44)18-15-28-59-50(57)51(6,7)8/h23-26,29-32,37,39,54-55H,4,9-22,27-28,33-35H2,1-3,5-8H3. The van der Waals surface area contributed by atoms with Crippen LogP contribution in [0.3, 0.4) is 0 Å². The molecule has 4 rings (SSSR count). The molecular formula is C52H73FO7. The van der Waals surface area contributed by atoms with E-state index in [1.54, 1.807) is 13.0 Å². The van der Waals surface area contributed by atoms with Crippen LogP contribution >= 0.6 is 0 Å². The van der Waals surface area contributed by atoms with Gasteiger partial charge in [0.25, 0.3) is 0 Å². The highest BCUT2D eigenvalue weighted by molar-refractivity contribution is 5.86. The highest BCUT2D eigenvalue weighted by atomic mass is 19.1. The molecule has 1 saturated carbocycles. The molecule has 3 aromatic carbocycles. The zero-order valence-electron chi connectivity index (χ0n) is 37.7. The summed E-state index contributed by atoms with van der Waals surface area (Å²) < 4.78 is 33.7. The molecule has 2 N–H and O–H groups in total. The molecule has 0 bridgehead atoms. The maximum absolute atomic E-state index is 16.0. The van der Waals surface area contributed by atoms with Crippen LogP contribution in [0.15, 0.2) is 60.7 Å². The Bertz CT molecular complexity index is 1850. The van der Waals surface area contributed by atoms with Crippen molar-refractivity contribution in [2.24, 2.45) is 16.7 Å². The van der Waals surface area contributed by atoms with Gasteiger partial charge in [-0.25, -0.2) is 9.18 Å². The molecule has 60 heavy (non-hydrogen) atoms. The van der Waals surface area contributed by atoms with E-state index in [0.717, 1.165) is 64.1 Å². The van der Waals surface area contributed by atoms with Crippen molar-refractivity contribution in [1.82, 2.24) is 0 Å². The molecule has 0 radical (unpaired) electrons. The summed E-state index contributed by atoms with van der Waals surface area (Å²) in [6.07, 6.45) is 13.3. The zero-order chi connectivity index (χ0) is 43.9. The van der Waals surface area contributed by atoms with E-state index < -0.39 is 16.8 Å². The van der Waals surface area contributed by atoms with Crippen molar-refractivity contribution in [3.8, 4) is 28.0 Å². The first-order chi connectivity index (χ1) is 28.7. The average Bonchev–Trinajstić information content (AvgIpc) is 3.24. The summed E-state index contributed by atoms with van der Waals surface area (Å²) in [5.41, 5.74) is 6.27. The van der Waals surface area contributed by atoms with Crippen LogP contribution in [0.2, 0.25) is 0 Å². The van der Waals surface area contributed by atoms with E-state index >= 15 is 4.39 Å². The third kappa shape index (κ3) is 13.5. The number of halogens is 1. The van der Waals surface area contributed by atoms with Gasteiger partial charge in [-0.2, -0.15) is 0 Å². The van der Waals surface area contributed by atoms with Gasteiger partial charge in [-0.15, -0.1) is 0 Å². The molecule has 1 fully saturated rings. The Hall–Kier alpha value is -4.01. The number of esters is 2. The summed E-state index contributed by atoms with van der Waals surface area (Å²) in [6, 6.07) is 16.2. The Morgan fingerprint density at radius 3 is 1.95 bits per heavy atom. The second-order valence-electron chi connectivity index (χ2n) is 18.3. The van der Waals surface area contributed by atoms with Crippen LogP contribution in [0.5, 0.6) is 5.75 Å². The smallest absolute Gasteiger partial charge is 0.333 e. The first-order valence-corrected chi connectivity index (χ1v) is 22.6. The van der Waals surface area contributed by atoms with Crippen LogP contribution in [0.4, 0.5) is 4.39 Å². The van der Waals surface area contributed by atoms with E-state index in [2.05, 4.69) is 50.8 Å². The fraction of sp³-hybridized carbons (Fsp3) is 0.577. The summed E-state index contributed by atoms with van der Waals surface area (Å²) in [4.78, 5) is 24.8. The summed E-state index contributed by atoms with van der Waals surface area (Å²) in [5.74, 6) is 0.967. The SMILES string of the molecule is C=C(C)C(=O)OCCCc1cc(-c2ccc(-c3ccc(C4CCC(CCCCC)CC4)cc3F)cc2CC)cc(CCCOC(=O)C(C)(C)C)c1OCC(CC)(CO)CO. The maximum Gasteiger partial charge on any atom is 0.333 e. The second-order valence-corrected chi connectivity index (χ2v) is 18.3. The zero-order valence-corrected chi connectivity index (χ0v) is 37.7. The van der Waals surface area contributed by atoms with Crippen LogP contribution in [-0.2, 0) is 38.3 Å². The third-order valence-corrected chi connectivity index (χ3v) is 12.4. The molecule has 0 saturated heterocycles. The van der Waals surface area contributed by atoms with Crippen molar-refractivity contribution in [2.45, 2.75) is 144 Å². The van der Waals surface area contributed by atoms with Crippen molar-refractivity contribution in [2.75, 3.05) is 33.0 Å². The van der Waals surface area contributed by atoms with Gasteiger partial charge in [-0.05, 0) is 161 Å². The van der Waals surface area contributed by atoms with Crippen molar-refractivity contribution in [3.63, 3.8) is 0 Å². The monoisotopic (exact) mass is 829 g/mol. The van der Waals surface area contributed by atoms with Gasteiger partial charge in [0, 0.05) is 11.1 Å². The van der Waals surface area contributed by atoms with E-state index in [0.29, 0.717) is 54.9 Å². The van der Waals surface area contributed by atoms with E-state index in [1.807, 2.05) is 39.8 Å². The third-order valence-electron chi connectivity index (χ3n) is 12.4. The lowest BCUT2D eigenvalue weighted by atomic mass is 9.77. The lowest BCUT2D eigenvalue weighted by molar-refractivity contribution is -0.153. The maximum atomic E-state index is 16.0. The predicted octanol–water partition coefficient (Wildman–Crippen LogP) is 11.9. The number of aliphatic hydroxyl groups excluding tert-OH is 2. The molecule has 3 aromatic rings. The molecule has 330 valence electrons. The Balaban J connectivity index is 1.69. The molecular weight excluding hydrogens is 756 g/mol. The molecule has 0 heterocycles. The lowest BCUT2D eigenvalue weighted by Gasteiger charge is -2.29. The van der Waals surface area contributed by atoms with Crippen LogP contribution in [-0.4, -0.2) is 55.2 Å². The molecule has 1 aliphatic carbocycles. The molecule has 0 amide bonds. The highest BCUT2D eigenvalue weighted by Gasteiger charge is 2.29. The number of carbonyl (C=O) groups is 2. The van der Waals surface area contributed by atoms with Gasteiger partial charge in [-0.1, -0.05) is 83.4 Å². The number of aliphatic hydroxyl groups is 2. The molecule has 0 aromatic heterocycles. The van der Waals surface area contributed by atoms with Gasteiger partial charge < -0.3 is 24.4 Å². The molecule has 8 heteroatoms. The summed E-state index contributed by atoms with van der Waals surface area (Å²) >= 11 is 0. The minimum atomic E-state index is -0.835. The van der Waals surface area contributed by atoms with E-state index in [1.165, 1.54) is 38.5 Å². The predicted molar refractivity (Wildman–Crippen MR) is 241 cm³/mol. The van der Waals surface area contributed by atoms with Gasteiger partial charge in [0.15, 0.2) is 0 Å². The first-order valence-electron chi connectivity index (χ1n) is 22.6. The minimum absolute atomic E-state index is 0.0963. The van der Waals surface area contributed by atoms with Crippen molar-refractivity contribution < 1.29 is 38.4 Å². The molecule has 0 aliphatic heterocycles. The lowest BCUT2D eigenvalue weighted by Crippen LogP contribution is -2.36. The largest absolute Gasteiger partial charge is 0.492 e. The summed E-state index contributed by atoms with van der Waals surface area (Å²) in [7, 11) is 0. The number of carbonyl (C=O) groups excluding carboxylic acids is 2. The van der Waals surface area contributed by atoms with Crippen molar-refractivity contribution in [1.29, 1.82) is 0 Å². The summed E-state index contributed by atoms with van der Waals surface area (Å²) in [5, 5.41) is 20.5. The minimum Gasteiger partial charge on any atom is -0.492 e. The number of ether oxygens (including phenoxy) is 3. The number of aryl methyl sites for hydroxylation is 3. The van der Waals surface area contributed by atoms with Crippen LogP contribution < -0.4 is 4.74 Å². The highest BCUT2D eigenvalue weighted by Crippen LogP contribution is 2.41. The van der Waals surface area contributed by atoms with E-state index in [-0.39, 0.29) is 44.8 Å². The van der Waals surface area contributed by atoms with Crippen LogP contribution in [0.1, 0.15) is 147 Å². The van der Waals surface area contributed by atoms with Crippen molar-refractivity contribution >= 4 is 11.9 Å². The molecule has 7 nitrogen and oxygen atoms in total. The second kappa shape index (κ2) is 23.3. The van der Waals surface area contributed by atoms with Crippen LogP contribution in [0.25, 0.3) is 22.3 Å². The topological polar surface area (TPSA) is 102 Å². The normalized spacial score (nSPS) is 15.8. The molecule has 0 spiro atoms. The van der Waals surface area contributed by atoms with Crippen LogP contribution in [0, 0.1) is 22.6 Å². The summed E-state index contributed by atoms with van der Waals surface area (Å²) in [6.45, 7) is 17.1. The quantitative estimate of drug-likeness (QED) is 0.0557. The number of hydrogen-bond donors (Lipinski definition) is 2. The fourth-order valence-corrected chi connectivity index (χ4v) is 8.18. The van der Waals surface area contributed by atoms with E-state index in [4.69, 9.17) is 14.2 Å². The number of hydrogen-bond acceptors (Lipinski definition) is 7. The average molecular weight is 829 g/mol.